The molecule has 0 heterocycles. The highest BCUT2D eigenvalue weighted by atomic mass is 19.4. The first kappa shape index (κ1) is 17.9. The smallest absolute Gasteiger partial charge is 0.402 e. The van der Waals surface area contributed by atoms with Crippen LogP contribution in [-0.2, 0) is 0 Å². The molecule has 1 rings (SSSR count). The molecule has 0 unspecified atom stereocenters. The van der Waals surface area contributed by atoms with Crippen LogP contribution in [0.2, 0.25) is 0 Å². The second-order valence-corrected chi connectivity index (χ2v) is 3.55. The molecule has 1 aromatic rings. The molecule has 1 N–H and O–H groups in total. The Morgan fingerprint density at radius 3 is 1.96 bits per heavy atom. The Morgan fingerprint density at radius 1 is 0.957 bits per heavy atom. The number of hydrogen-bond acceptors (Lipinski definition) is 6. The van der Waals surface area contributed by atoms with Crippen molar-refractivity contribution in [1.29, 1.82) is 10.5 Å². The molecule has 0 aliphatic carbocycles. The standard InChI is InChI=1S/C11H4F6N4O2/c12-10(13,14)22-8-2-1-6(20-21-7(4-18)5-19)3-9(8)23-11(15,16)17/h1-3,20H. The average Bonchev–Trinajstić information content (AvgIpc) is 2.39. The van der Waals surface area contributed by atoms with Crippen LogP contribution in [0.3, 0.4) is 0 Å². The molecule has 0 aliphatic rings. The number of rotatable bonds is 4. The summed E-state index contributed by atoms with van der Waals surface area (Å²) in [7, 11) is 0. The molecule has 12 heteroatoms. The molecule has 0 aromatic heterocycles. The van der Waals surface area contributed by atoms with Crippen LogP contribution in [0.1, 0.15) is 0 Å². The van der Waals surface area contributed by atoms with Crippen LogP contribution < -0.4 is 14.9 Å². The van der Waals surface area contributed by atoms with E-state index in [-0.39, 0.29) is 5.69 Å². The highest BCUT2D eigenvalue weighted by Crippen LogP contribution is 2.37. The van der Waals surface area contributed by atoms with E-state index >= 15 is 0 Å². The van der Waals surface area contributed by atoms with Gasteiger partial charge in [0.15, 0.2) is 11.5 Å². The van der Waals surface area contributed by atoms with E-state index in [1.54, 1.807) is 0 Å². The van der Waals surface area contributed by atoms with Crippen LogP contribution in [0.4, 0.5) is 32.0 Å². The van der Waals surface area contributed by atoms with Gasteiger partial charge in [-0.05, 0) is 12.1 Å². The highest BCUT2D eigenvalue weighted by Gasteiger charge is 2.36. The zero-order chi connectivity index (χ0) is 17.7. The van der Waals surface area contributed by atoms with Gasteiger partial charge in [0.2, 0.25) is 5.71 Å². The fourth-order valence-electron chi connectivity index (χ4n) is 1.19. The number of benzene rings is 1. The highest BCUT2D eigenvalue weighted by molar-refractivity contribution is 6.10. The van der Waals surface area contributed by atoms with Gasteiger partial charge in [-0.3, -0.25) is 5.43 Å². The van der Waals surface area contributed by atoms with Gasteiger partial charge in [0.05, 0.1) is 5.69 Å². The number of halogens is 6. The number of hydrazone groups is 1. The Balaban J connectivity index is 3.14. The van der Waals surface area contributed by atoms with Gasteiger partial charge in [-0.1, -0.05) is 0 Å². The summed E-state index contributed by atoms with van der Waals surface area (Å²) < 4.78 is 79.9. The van der Waals surface area contributed by atoms with Gasteiger partial charge in [-0.2, -0.15) is 15.6 Å². The molecule has 23 heavy (non-hydrogen) atoms. The van der Waals surface area contributed by atoms with Crippen molar-refractivity contribution in [2.24, 2.45) is 5.10 Å². The van der Waals surface area contributed by atoms with E-state index in [2.05, 4.69) is 14.6 Å². The second kappa shape index (κ2) is 6.74. The first-order valence-electron chi connectivity index (χ1n) is 5.33. The van der Waals surface area contributed by atoms with E-state index in [9.17, 15) is 26.3 Å². The van der Waals surface area contributed by atoms with Gasteiger partial charge in [0.25, 0.3) is 0 Å². The van der Waals surface area contributed by atoms with Crippen molar-refractivity contribution in [3.05, 3.63) is 18.2 Å². The third kappa shape index (κ3) is 6.43. The molecule has 0 aliphatic heterocycles. The molecule has 0 saturated heterocycles. The van der Waals surface area contributed by atoms with Gasteiger partial charge in [0.1, 0.15) is 12.1 Å². The molecule has 0 radical (unpaired) electrons. The largest absolute Gasteiger partial charge is 0.573 e. The summed E-state index contributed by atoms with van der Waals surface area (Å²) in [4.78, 5) is 0. The first-order chi connectivity index (χ1) is 10.5. The third-order valence-electron chi connectivity index (χ3n) is 1.90. The van der Waals surface area contributed by atoms with Crippen molar-refractivity contribution in [2.75, 3.05) is 5.43 Å². The van der Waals surface area contributed by atoms with Crippen molar-refractivity contribution in [3.8, 4) is 23.6 Å². The van der Waals surface area contributed by atoms with Crippen molar-refractivity contribution in [1.82, 2.24) is 0 Å². The number of nitriles is 2. The summed E-state index contributed by atoms with van der Waals surface area (Å²) in [5, 5.41) is 20.1. The number of anilines is 1. The lowest BCUT2D eigenvalue weighted by Gasteiger charge is -2.16. The topological polar surface area (TPSA) is 90.4 Å². The van der Waals surface area contributed by atoms with Gasteiger partial charge in [0, 0.05) is 6.07 Å². The molecule has 0 spiro atoms. The molecule has 0 amide bonds. The van der Waals surface area contributed by atoms with E-state index in [4.69, 9.17) is 10.5 Å². The van der Waals surface area contributed by atoms with Crippen LogP contribution in [0, 0.1) is 22.7 Å². The summed E-state index contributed by atoms with van der Waals surface area (Å²) in [6.07, 6.45) is -10.5. The maximum atomic E-state index is 12.2. The number of nitrogens with zero attached hydrogens (tertiary/aromatic N) is 3. The van der Waals surface area contributed by atoms with Crippen molar-refractivity contribution >= 4 is 11.4 Å². The van der Waals surface area contributed by atoms with Crippen LogP contribution in [0.15, 0.2) is 23.3 Å². The molecule has 0 bridgehead atoms. The zero-order valence-corrected chi connectivity index (χ0v) is 10.7. The molecule has 122 valence electrons. The van der Waals surface area contributed by atoms with Crippen LogP contribution in [0.5, 0.6) is 11.5 Å². The van der Waals surface area contributed by atoms with E-state index < -0.39 is 29.9 Å². The molecule has 0 saturated carbocycles. The Morgan fingerprint density at radius 2 is 1.48 bits per heavy atom. The second-order valence-electron chi connectivity index (χ2n) is 3.55. The summed E-state index contributed by atoms with van der Waals surface area (Å²) in [5.74, 6) is -2.52. The van der Waals surface area contributed by atoms with Crippen molar-refractivity contribution < 1.29 is 35.8 Å². The van der Waals surface area contributed by atoms with Gasteiger partial charge in [-0.15, -0.1) is 26.3 Å². The Bertz CT molecular complexity index is 668. The van der Waals surface area contributed by atoms with Gasteiger partial charge < -0.3 is 9.47 Å². The molecule has 0 fully saturated rings. The van der Waals surface area contributed by atoms with E-state index in [1.807, 2.05) is 5.43 Å². The summed E-state index contributed by atoms with van der Waals surface area (Å²) >= 11 is 0. The Hall–Kier alpha value is -3.15. The van der Waals surface area contributed by atoms with Crippen LogP contribution >= 0.6 is 0 Å². The summed E-state index contributed by atoms with van der Waals surface area (Å²) in [6.45, 7) is 0. The van der Waals surface area contributed by atoms with Crippen molar-refractivity contribution in [3.63, 3.8) is 0 Å². The van der Waals surface area contributed by atoms with Gasteiger partial charge in [-0.25, -0.2) is 0 Å². The van der Waals surface area contributed by atoms with Crippen LogP contribution in [-0.4, -0.2) is 18.4 Å². The van der Waals surface area contributed by atoms with E-state index in [1.165, 1.54) is 12.1 Å². The van der Waals surface area contributed by atoms with Crippen LogP contribution in [0.25, 0.3) is 0 Å². The SMILES string of the molecule is N#CC(C#N)=NNc1ccc(OC(F)(F)F)c(OC(F)(F)F)c1. The molecule has 1 aromatic carbocycles. The predicted molar refractivity (Wildman–Crippen MR) is 62.1 cm³/mol. The quantitative estimate of drug-likeness (QED) is 0.517. The fraction of sp³-hybridized carbons (Fsp3) is 0.182. The lowest BCUT2D eigenvalue weighted by atomic mass is 10.3. The number of alkyl halides is 6. The fourth-order valence-corrected chi connectivity index (χ4v) is 1.19. The lowest BCUT2D eigenvalue weighted by molar-refractivity contribution is -0.287. The van der Waals surface area contributed by atoms with Crippen molar-refractivity contribution in [2.45, 2.75) is 12.7 Å². The maximum Gasteiger partial charge on any atom is 0.573 e. The normalized spacial score (nSPS) is 11.0. The van der Waals surface area contributed by atoms with E-state index in [0.29, 0.717) is 12.1 Å². The average molecular weight is 338 g/mol. The molecule has 0 atom stereocenters. The monoisotopic (exact) mass is 338 g/mol. The minimum absolute atomic E-state index is 0.276. The number of hydrogen-bond donors (Lipinski definition) is 1. The minimum atomic E-state index is -5.27. The lowest BCUT2D eigenvalue weighted by Crippen LogP contribution is -2.21. The predicted octanol–water partition coefficient (Wildman–Crippen LogP) is 3.30. The Labute approximate surface area is 124 Å². The number of ether oxygens (including phenoxy) is 2. The molecule has 6 nitrogen and oxygen atoms in total. The molecular formula is C11H4F6N4O2. The Kier molecular flexibility index (Phi) is 5.25. The summed E-state index contributed by atoms with van der Waals surface area (Å²) in [6, 6.07) is 4.64. The van der Waals surface area contributed by atoms with Gasteiger partial charge >= 0.3 is 12.7 Å². The third-order valence-corrected chi connectivity index (χ3v) is 1.90. The summed E-state index contributed by atoms with van der Waals surface area (Å²) in [5.41, 5.74) is 1.09. The number of nitrogens with one attached hydrogen (secondary N) is 1. The zero-order valence-electron chi connectivity index (χ0n) is 10.7. The maximum absolute atomic E-state index is 12.2. The van der Waals surface area contributed by atoms with E-state index in [0.717, 1.165) is 6.07 Å². The molecular weight excluding hydrogens is 334 g/mol. The minimum Gasteiger partial charge on any atom is -0.402 e. The first-order valence-corrected chi connectivity index (χ1v) is 5.33.